The van der Waals surface area contributed by atoms with E-state index in [1.165, 1.54) is 0 Å². The molecule has 2 fully saturated rings. The Labute approximate surface area is 149 Å². The number of rotatable bonds is 3. The molecule has 136 valence electrons. The van der Waals surface area contributed by atoms with Crippen LogP contribution in [0.1, 0.15) is 33.1 Å². The Morgan fingerprint density at radius 1 is 1.24 bits per heavy atom. The molecule has 0 radical (unpaired) electrons. The molecule has 3 aliphatic heterocycles. The van der Waals surface area contributed by atoms with Crippen LogP contribution in [0.5, 0.6) is 11.5 Å². The molecule has 1 amide bonds. The van der Waals surface area contributed by atoms with Crippen LogP contribution in [-0.2, 0) is 4.79 Å². The molecule has 4 rings (SSSR count). The smallest absolute Gasteiger partial charge is 0.223 e. The minimum Gasteiger partial charge on any atom is -0.486 e. The first-order valence-corrected chi connectivity index (χ1v) is 9.40. The molecular weight excluding hydrogens is 316 g/mol. The SMILES string of the molecule is CC1(C)CC(=O)N(C2CCCN(CC3COc4ccccc4O3)C2)C1. The second-order valence-electron chi connectivity index (χ2n) is 8.42. The molecule has 2 atom stereocenters. The lowest BCUT2D eigenvalue weighted by atomic mass is 9.93. The van der Waals surface area contributed by atoms with Crippen molar-refractivity contribution < 1.29 is 14.3 Å². The number of fused-ring (bicyclic) bond motifs is 1. The molecule has 1 aromatic carbocycles. The maximum atomic E-state index is 12.4. The molecular formula is C20H28N2O3. The number of carbonyl (C=O) groups is 1. The van der Waals surface area contributed by atoms with Crippen LogP contribution in [0.15, 0.2) is 24.3 Å². The predicted molar refractivity (Wildman–Crippen MR) is 95.9 cm³/mol. The summed E-state index contributed by atoms with van der Waals surface area (Å²) in [5, 5.41) is 0. The van der Waals surface area contributed by atoms with E-state index in [2.05, 4.69) is 23.6 Å². The molecule has 0 spiro atoms. The molecule has 2 unspecified atom stereocenters. The monoisotopic (exact) mass is 344 g/mol. The quantitative estimate of drug-likeness (QED) is 0.845. The Hall–Kier alpha value is -1.75. The topological polar surface area (TPSA) is 42.0 Å². The molecule has 0 aliphatic carbocycles. The highest BCUT2D eigenvalue weighted by molar-refractivity contribution is 5.79. The Bertz CT molecular complexity index is 646. The number of carbonyl (C=O) groups excluding carboxylic acids is 1. The average Bonchev–Trinajstić information content (AvgIpc) is 2.88. The third kappa shape index (κ3) is 3.61. The van der Waals surface area contributed by atoms with E-state index in [1.807, 2.05) is 24.3 Å². The number of hydrogen-bond donors (Lipinski definition) is 0. The van der Waals surface area contributed by atoms with Crippen molar-refractivity contribution in [2.24, 2.45) is 5.41 Å². The Morgan fingerprint density at radius 2 is 2.04 bits per heavy atom. The van der Waals surface area contributed by atoms with Crippen molar-refractivity contribution in [3.05, 3.63) is 24.3 Å². The summed E-state index contributed by atoms with van der Waals surface area (Å²) in [6.07, 6.45) is 2.99. The van der Waals surface area contributed by atoms with E-state index in [4.69, 9.17) is 9.47 Å². The zero-order valence-corrected chi connectivity index (χ0v) is 15.2. The molecule has 1 aromatic rings. The van der Waals surface area contributed by atoms with Gasteiger partial charge >= 0.3 is 0 Å². The Morgan fingerprint density at radius 3 is 2.80 bits per heavy atom. The summed E-state index contributed by atoms with van der Waals surface area (Å²) in [6, 6.07) is 8.20. The first-order chi connectivity index (χ1) is 12.0. The van der Waals surface area contributed by atoms with E-state index in [1.54, 1.807) is 0 Å². The first-order valence-electron chi connectivity index (χ1n) is 9.40. The van der Waals surface area contributed by atoms with Gasteiger partial charge in [-0.15, -0.1) is 0 Å². The van der Waals surface area contributed by atoms with Gasteiger partial charge < -0.3 is 14.4 Å². The second kappa shape index (κ2) is 6.52. The zero-order valence-electron chi connectivity index (χ0n) is 15.2. The Kier molecular flexibility index (Phi) is 4.36. The third-order valence-corrected chi connectivity index (χ3v) is 5.50. The second-order valence-corrected chi connectivity index (χ2v) is 8.42. The van der Waals surface area contributed by atoms with E-state index in [0.29, 0.717) is 25.0 Å². The molecule has 5 nitrogen and oxygen atoms in total. The number of amides is 1. The lowest BCUT2D eigenvalue weighted by Crippen LogP contribution is -2.51. The van der Waals surface area contributed by atoms with Gasteiger partial charge in [-0.3, -0.25) is 9.69 Å². The van der Waals surface area contributed by atoms with Crippen LogP contribution >= 0.6 is 0 Å². The summed E-state index contributed by atoms with van der Waals surface area (Å²) in [5.74, 6) is 1.99. The van der Waals surface area contributed by atoms with Crippen LogP contribution in [0, 0.1) is 5.41 Å². The summed E-state index contributed by atoms with van der Waals surface area (Å²) >= 11 is 0. The molecule has 0 bridgehead atoms. The fraction of sp³-hybridized carbons (Fsp3) is 0.650. The number of likely N-dealkylation sites (tertiary alicyclic amines) is 2. The van der Waals surface area contributed by atoms with Crippen molar-refractivity contribution in [1.82, 2.24) is 9.80 Å². The molecule has 0 saturated carbocycles. The standard InChI is InChI=1S/C20H28N2O3/c1-20(2)10-19(23)22(14-20)15-6-5-9-21(11-15)12-16-13-24-17-7-3-4-8-18(17)25-16/h3-4,7-8,15-16H,5-6,9-14H2,1-2H3. The van der Waals surface area contributed by atoms with Crippen LogP contribution in [0.2, 0.25) is 0 Å². The molecule has 3 aliphatic rings. The fourth-order valence-corrected chi connectivity index (χ4v) is 4.34. The number of para-hydroxylation sites is 2. The summed E-state index contributed by atoms with van der Waals surface area (Å²) in [4.78, 5) is 16.9. The fourth-order valence-electron chi connectivity index (χ4n) is 4.34. The number of piperidine rings is 1. The summed E-state index contributed by atoms with van der Waals surface area (Å²) < 4.78 is 11.9. The van der Waals surface area contributed by atoms with Crippen LogP contribution in [0.25, 0.3) is 0 Å². The van der Waals surface area contributed by atoms with Crippen molar-refractivity contribution in [1.29, 1.82) is 0 Å². The van der Waals surface area contributed by atoms with Crippen molar-refractivity contribution in [2.45, 2.75) is 45.3 Å². The van der Waals surface area contributed by atoms with Gasteiger partial charge in [-0.2, -0.15) is 0 Å². The van der Waals surface area contributed by atoms with Crippen LogP contribution in [0.4, 0.5) is 0 Å². The van der Waals surface area contributed by atoms with Gasteiger partial charge in [-0.25, -0.2) is 0 Å². The first kappa shape index (κ1) is 16.7. The lowest BCUT2D eigenvalue weighted by Gasteiger charge is -2.40. The van der Waals surface area contributed by atoms with Crippen LogP contribution in [0.3, 0.4) is 0 Å². The zero-order chi connectivity index (χ0) is 17.4. The maximum absolute atomic E-state index is 12.4. The minimum absolute atomic E-state index is 0.0550. The van der Waals surface area contributed by atoms with Gasteiger partial charge in [0, 0.05) is 32.1 Å². The molecule has 25 heavy (non-hydrogen) atoms. The van der Waals surface area contributed by atoms with E-state index in [0.717, 1.165) is 50.5 Å². The number of hydrogen-bond acceptors (Lipinski definition) is 4. The molecule has 0 aromatic heterocycles. The number of nitrogens with zero attached hydrogens (tertiary/aromatic N) is 2. The van der Waals surface area contributed by atoms with Crippen molar-refractivity contribution in [3.63, 3.8) is 0 Å². The minimum atomic E-state index is 0.0550. The van der Waals surface area contributed by atoms with Gasteiger partial charge in [0.25, 0.3) is 0 Å². The largest absolute Gasteiger partial charge is 0.486 e. The van der Waals surface area contributed by atoms with Crippen molar-refractivity contribution in [2.75, 3.05) is 32.8 Å². The lowest BCUT2D eigenvalue weighted by molar-refractivity contribution is -0.130. The molecule has 0 N–H and O–H groups in total. The highest BCUT2D eigenvalue weighted by Gasteiger charge is 2.40. The normalized spacial score (nSPS) is 29.0. The summed E-state index contributed by atoms with van der Waals surface area (Å²) in [7, 11) is 0. The molecule has 5 heteroatoms. The van der Waals surface area contributed by atoms with Gasteiger partial charge in [0.1, 0.15) is 12.7 Å². The van der Waals surface area contributed by atoms with Gasteiger partial charge in [-0.05, 0) is 36.9 Å². The highest BCUT2D eigenvalue weighted by Crippen LogP contribution is 2.34. The molecule has 2 saturated heterocycles. The Balaban J connectivity index is 1.35. The van der Waals surface area contributed by atoms with Gasteiger partial charge in [0.15, 0.2) is 11.5 Å². The van der Waals surface area contributed by atoms with E-state index in [9.17, 15) is 4.79 Å². The summed E-state index contributed by atoms with van der Waals surface area (Å²) in [5.41, 5.74) is 0.114. The van der Waals surface area contributed by atoms with Gasteiger partial charge in [0.05, 0.1) is 0 Å². The molecule has 3 heterocycles. The average molecular weight is 344 g/mol. The highest BCUT2D eigenvalue weighted by atomic mass is 16.6. The van der Waals surface area contributed by atoms with Gasteiger partial charge in [-0.1, -0.05) is 26.0 Å². The van der Waals surface area contributed by atoms with Crippen LogP contribution in [-0.4, -0.2) is 60.6 Å². The summed E-state index contributed by atoms with van der Waals surface area (Å²) in [6.45, 7) is 8.74. The van der Waals surface area contributed by atoms with Crippen LogP contribution < -0.4 is 9.47 Å². The maximum Gasteiger partial charge on any atom is 0.223 e. The van der Waals surface area contributed by atoms with E-state index < -0.39 is 0 Å². The van der Waals surface area contributed by atoms with E-state index in [-0.39, 0.29) is 11.5 Å². The van der Waals surface area contributed by atoms with Crippen molar-refractivity contribution >= 4 is 5.91 Å². The number of ether oxygens (including phenoxy) is 2. The van der Waals surface area contributed by atoms with Gasteiger partial charge in [0.2, 0.25) is 5.91 Å². The number of benzene rings is 1. The van der Waals surface area contributed by atoms with Crippen molar-refractivity contribution in [3.8, 4) is 11.5 Å². The van der Waals surface area contributed by atoms with E-state index >= 15 is 0 Å². The predicted octanol–water partition coefficient (Wildman–Crippen LogP) is 2.55. The third-order valence-electron chi connectivity index (χ3n) is 5.50.